The fraction of sp³-hybridized carbons (Fsp3) is 0.178. The summed E-state index contributed by atoms with van der Waals surface area (Å²) >= 11 is 5.53. The molecule has 0 aliphatic carbocycles. The summed E-state index contributed by atoms with van der Waals surface area (Å²) in [5, 5.41) is -0.723. The number of carbonyl (C=O) groups is 5. The molecular weight excluding hydrogens is 784 g/mol. The third-order valence-corrected chi connectivity index (χ3v) is 8.99. The number of halogens is 1. The Morgan fingerprint density at radius 3 is 1.41 bits per heavy atom. The number of carbonyl (C=O) groups excluding carboxylic acids is 5. The molecule has 14 heteroatoms. The van der Waals surface area contributed by atoms with Crippen molar-refractivity contribution in [3.63, 3.8) is 0 Å². The fourth-order valence-corrected chi connectivity index (χ4v) is 6.08. The molecule has 0 N–H and O–H groups in total. The van der Waals surface area contributed by atoms with Crippen LogP contribution >= 0.6 is 11.6 Å². The summed E-state index contributed by atoms with van der Waals surface area (Å²) < 4.78 is 48.2. The first-order valence-corrected chi connectivity index (χ1v) is 18.5. The molecule has 5 aromatic carbocycles. The van der Waals surface area contributed by atoms with Crippen molar-refractivity contribution in [2.24, 2.45) is 0 Å². The number of esters is 4. The molecule has 5 aromatic rings. The van der Waals surface area contributed by atoms with Crippen molar-refractivity contribution >= 4 is 46.8 Å². The van der Waals surface area contributed by atoms with Crippen LogP contribution in [0.2, 0.25) is 0 Å². The van der Waals surface area contributed by atoms with Crippen LogP contribution < -0.4 is 14.2 Å². The molecule has 1 heterocycles. The number of hydrogen-bond donors (Lipinski definition) is 0. The SMILES string of the molecule is COc1cc(C=CC(=O)Cl)cc(OC)c1O[C@@H]1O[C@H](COC(=O)c2ccccc2)[C@@H](OC(=O)c2ccccc2)[C@H](OC(=O)c2ccccc2)[C@H]1OC(=O)c1ccccc1. The van der Waals surface area contributed by atoms with Crippen LogP contribution in [0.1, 0.15) is 47.0 Å². The van der Waals surface area contributed by atoms with Crippen LogP contribution in [0.25, 0.3) is 6.08 Å². The molecule has 0 aromatic heterocycles. The summed E-state index contributed by atoms with van der Waals surface area (Å²) in [5.74, 6) is -3.26. The van der Waals surface area contributed by atoms with Gasteiger partial charge in [0.2, 0.25) is 23.4 Å². The lowest BCUT2D eigenvalue weighted by atomic mass is 9.97. The number of rotatable bonds is 15. The summed E-state index contributed by atoms with van der Waals surface area (Å²) in [6.45, 7) is -0.566. The van der Waals surface area contributed by atoms with Crippen LogP contribution in [0.5, 0.6) is 17.2 Å². The van der Waals surface area contributed by atoms with Crippen LogP contribution in [0, 0.1) is 0 Å². The van der Waals surface area contributed by atoms with Crippen LogP contribution in [-0.2, 0) is 28.5 Å². The van der Waals surface area contributed by atoms with Gasteiger partial charge in [0.15, 0.2) is 23.7 Å². The first kappa shape index (κ1) is 41.7. The fourth-order valence-electron chi connectivity index (χ4n) is 6.01. The Morgan fingerprint density at radius 2 is 0.983 bits per heavy atom. The molecule has 1 aliphatic heterocycles. The van der Waals surface area contributed by atoms with Crippen molar-refractivity contribution in [2.45, 2.75) is 30.7 Å². The van der Waals surface area contributed by atoms with E-state index in [1.54, 1.807) is 84.9 Å². The van der Waals surface area contributed by atoms with Crippen molar-refractivity contribution in [2.75, 3.05) is 20.8 Å². The lowest BCUT2D eigenvalue weighted by molar-refractivity contribution is -0.275. The van der Waals surface area contributed by atoms with E-state index in [0.29, 0.717) is 5.56 Å². The molecule has 6 rings (SSSR count). The van der Waals surface area contributed by atoms with Crippen molar-refractivity contribution in [1.82, 2.24) is 0 Å². The predicted molar refractivity (Wildman–Crippen MR) is 212 cm³/mol. The Labute approximate surface area is 343 Å². The Morgan fingerprint density at radius 1 is 0.576 bits per heavy atom. The minimum atomic E-state index is -1.70. The highest BCUT2D eigenvalue weighted by atomic mass is 35.5. The molecule has 0 unspecified atom stereocenters. The van der Waals surface area contributed by atoms with Gasteiger partial charge in [0.1, 0.15) is 12.7 Å². The molecule has 0 spiro atoms. The zero-order chi connectivity index (χ0) is 41.7. The Hall–Kier alpha value is -6.96. The van der Waals surface area contributed by atoms with E-state index in [9.17, 15) is 24.0 Å². The number of hydrogen-bond acceptors (Lipinski definition) is 13. The topological polar surface area (TPSA) is 159 Å². The van der Waals surface area contributed by atoms with Crippen LogP contribution in [0.3, 0.4) is 0 Å². The van der Waals surface area contributed by atoms with Crippen molar-refractivity contribution in [3.05, 3.63) is 167 Å². The summed E-state index contributed by atoms with van der Waals surface area (Å²) in [7, 11) is 2.71. The van der Waals surface area contributed by atoms with Gasteiger partial charge in [-0.15, -0.1) is 0 Å². The van der Waals surface area contributed by atoms with Gasteiger partial charge in [-0.2, -0.15) is 0 Å². The van der Waals surface area contributed by atoms with Gasteiger partial charge in [0.25, 0.3) is 0 Å². The molecular formula is C45H37ClO13. The molecule has 1 saturated heterocycles. The molecule has 0 radical (unpaired) electrons. The van der Waals surface area contributed by atoms with Crippen molar-refractivity contribution in [1.29, 1.82) is 0 Å². The third kappa shape index (κ3) is 10.7. The van der Waals surface area contributed by atoms with Gasteiger partial charge < -0.3 is 37.9 Å². The van der Waals surface area contributed by atoms with Gasteiger partial charge in [0.05, 0.1) is 36.5 Å². The third-order valence-electron chi connectivity index (χ3n) is 8.86. The average Bonchev–Trinajstić information content (AvgIpc) is 3.27. The molecule has 5 atom stereocenters. The van der Waals surface area contributed by atoms with E-state index >= 15 is 0 Å². The van der Waals surface area contributed by atoms with E-state index in [1.165, 1.54) is 68.8 Å². The number of ether oxygens (including phenoxy) is 8. The maximum Gasteiger partial charge on any atom is 0.338 e. The second-order valence-corrected chi connectivity index (χ2v) is 13.1. The molecule has 1 fully saturated rings. The van der Waals surface area contributed by atoms with Crippen LogP contribution in [0.15, 0.2) is 140 Å². The zero-order valence-corrected chi connectivity index (χ0v) is 32.4. The number of methoxy groups -OCH3 is 2. The summed E-state index contributed by atoms with van der Waals surface area (Å²) in [6, 6.07) is 35.1. The quantitative estimate of drug-likeness (QED) is 0.0455. The van der Waals surface area contributed by atoms with E-state index in [0.717, 1.165) is 6.08 Å². The lowest BCUT2D eigenvalue weighted by Gasteiger charge is -2.44. The minimum Gasteiger partial charge on any atom is -0.493 e. The molecule has 13 nitrogen and oxygen atoms in total. The maximum atomic E-state index is 13.9. The molecule has 1 aliphatic rings. The largest absolute Gasteiger partial charge is 0.493 e. The summed E-state index contributed by atoms with van der Waals surface area (Å²) in [4.78, 5) is 66.4. The first-order chi connectivity index (χ1) is 28.6. The van der Waals surface area contributed by atoms with Crippen LogP contribution in [0.4, 0.5) is 0 Å². The van der Waals surface area contributed by atoms with Crippen molar-refractivity contribution < 1.29 is 61.9 Å². The number of allylic oxidation sites excluding steroid dienone is 1. The van der Waals surface area contributed by atoms with E-state index in [1.807, 2.05) is 0 Å². The highest BCUT2D eigenvalue weighted by Crippen LogP contribution is 2.42. The van der Waals surface area contributed by atoms with Crippen molar-refractivity contribution in [3.8, 4) is 17.2 Å². The Kier molecular flexibility index (Phi) is 14.1. The van der Waals surface area contributed by atoms with Gasteiger partial charge in [-0.25, -0.2) is 19.2 Å². The van der Waals surface area contributed by atoms with E-state index in [-0.39, 0.29) is 39.5 Å². The second kappa shape index (κ2) is 19.9. The average molecular weight is 821 g/mol. The van der Waals surface area contributed by atoms with E-state index < -0.39 is 66.4 Å². The molecule has 59 heavy (non-hydrogen) atoms. The highest BCUT2D eigenvalue weighted by molar-refractivity contribution is 6.66. The Balaban J connectivity index is 1.48. The Bertz CT molecular complexity index is 2240. The van der Waals surface area contributed by atoms with Gasteiger partial charge in [-0.3, -0.25) is 4.79 Å². The zero-order valence-electron chi connectivity index (χ0n) is 31.6. The van der Waals surface area contributed by atoms with Gasteiger partial charge in [-0.1, -0.05) is 72.8 Å². The highest BCUT2D eigenvalue weighted by Gasteiger charge is 2.54. The standard InChI is InChI=1S/C45H37ClO13/c1-52-33-25-28(23-24-36(46)47)26-34(53-2)37(33)59-45-40(58-44(51)32-21-13-6-14-22-32)39(57-43(50)31-19-11-5-12-20-31)38(56-42(49)30-17-9-4-10-18-30)35(55-45)27-54-41(48)29-15-7-3-8-16-29/h3-26,35,38-40,45H,27H2,1-2H3/t35-,38-,39+,40-,45+/m1/s1. The molecule has 302 valence electrons. The first-order valence-electron chi connectivity index (χ1n) is 18.1. The molecule has 0 amide bonds. The predicted octanol–water partition coefficient (Wildman–Crippen LogP) is 7.12. The summed E-state index contributed by atoms with van der Waals surface area (Å²) in [6.07, 6.45) is -5.51. The molecule has 0 saturated carbocycles. The van der Waals surface area contributed by atoms with Gasteiger partial charge in [0, 0.05) is 0 Å². The maximum absolute atomic E-state index is 13.9. The van der Waals surface area contributed by atoms with E-state index in [2.05, 4.69) is 0 Å². The normalized spacial score (nSPS) is 18.5. The second-order valence-electron chi connectivity index (χ2n) is 12.7. The summed E-state index contributed by atoms with van der Waals surface area (Å²) in [5.41, 5.74) is 1.03. The van der Waals surface area contributed by atoms with Crippen LogP contribution in [-0.4, -0.2) is 80.7 Å². The smallest absolute Gasteiger partial charge is 0.338 e. The molecule has 0 bridgehead atoms. The van der Waals surface area contributed by atoms with Gasteiger partial charge in [-0.05, 0) is 90.0 Å². The van der Waals surface area contributed by atoms with E-state index in [4.69, 9.17) is 49.5 Å². The lowest BCUT2D eigenvalue weighted by Crippen LogP contribution is -2.64. The number of benzene rings is 5. The minimum absolute atomic E-state index is 0.0667. The monoisotopic (exact) mass is 820 g/mol. The van der Waals surface area contributed by atoms with Gasteiger partial charge >= 0.3 is 23.9 Å².